The third-order valence-corrected chi connectivity index (χ3v) is 9.13. The molecular formula is C33H34N2O7. The van der Waals surface area contributed by atoms with E-state index in [0.29, 0.717) is 17.7 Å². The molecule has 42 heavy (non-hydrogen) atoms. The minimum atomic E-state index is -2.72. The number of aromatic hydroxyl groups is 1. The fraction of sp³-hybridized carbons (Fsp3) is 0.424. The summed E-state index contributed by atoms with van der Waals surface area (Å²) >= 11 is 0. The van der Waals surface area contributed by atoms with Crippen molar-refractivity contribution in [2.75, 3.05) is 19.0 Å². The summed E-state index contributed by atoms with van der Waals surface area (Å²) in [4.78, 5) is 68.9. The van der Waals surface area contributed by atoms with Crippen LogP contribution in [0.5, 0.6) is 5.75 Å². The first-order chi connectivity index (χ1) is 19.8. The van der Waals surface area contributed by atoms with Crippen molar-refractivity contribution in [1.29, 1.82) is 0 Å². The third kappa shape index (κ3) is 4.33. The number of fused-ring (bicyclic) bond motifs is 3. The van der Waals surface area contributed by atoms with Crippen LogP contribution in [0.4, 0.5) is 5.69 Å². The zero-order chi connectivity index (χ0) is 30.7. The van der Waals surface area contributed by atoms with Gasteiger partial charge in [0.05, 0.1) is 17.0 Å². The van der Waals surface area contributed by atoms with Crippen molar-refractivity contribution in [3.05, 3.63) is 58.7 Å². The molecule has 2 aromatic carbocycles. The Morgan fingerprint density at radius 2 is 1.79 bits per heavy atom. The first-order valence-electron chi connectivity index (χ1n) is 14.1. The van der Waals surface area contributed by atoms with E-state index in [9.17, 15) is 34.2 Å². The predicted octanol–water partition coefficient (Wildman–Crippen LogP) is 1.87. The van der Waals surface area contributed by atoms with E-state index >= 15 is 0 Å². The largest absolute Gasteiger partial charge is 0.506 e. The maximum Gasteiger partial charge on any atom is 0.235 e. The molecule has 0 aliphatic heterocycles. The molecule has 218 valence electrons. The highest BCUT2D eigenvalue weighted by Crippen LogP contribution is 2.54. The van der Waals surface area contributed by atoms with Crippen LogP contribution >= 0.6 is 0 Å². The van der Waals surface area contributed by atoms with Gasteiger partial charge >= 0.3 is 0 Å². The average molecular weight is 571 g/mol. The van der Waals surface area contributed by atoms with Gasteiger partial charge in [0.1, 0.15) is 5.75 Å². The zero-order valence-corrected chi connectivity index (χ0v) is 24.0. The Balaban J connectivity index is 1.61. The summed E-state index contributed by atoms with van der Waals surface area (Å²) in [5.74, 6) is -5.83. The van der Waals surface area contributed by atoms with Crippen LogP contribution in [-0.2, 0) is 32.0 Å². The minimum absolute atomic E-state index is 0.0379. The van der Waals surface area contributed by atoms with E-state index in [1.54, 1.807) is 38.9 Å². The number of aliphatic hydroxyl groups is 1. The van der Waals surface area contributed by atoms with Gasteiger partial charge in [0, 0.05) is 38.0 Å². The van der Waals surface area contributed by atoms with Crippen LogP contribution in [0.25, 0.3) is 0 Å². The molecule has 2 unspecified atom stereocenters. The Labute approximate surface area is 244 Å². The van der Waals surface area contributed by atoms with Gasteiger partial charge < -0.3 is 20.8 Å². The molecule has 2 fully saturated rings. The van der Waals surface area contributed by atoms with E-state index < -0.39 is 70.1 Å². The molecule has 2 aromatic rings. The number of nitrogens with two attached hydrogens (primary N) is 1. The zero-order valence-electron chi connectivity index (χ0n) is 24.0. The van der Waals surface area contributed by atoms with E-state index in [1.807, 2.05) is 30.3 Å². The predicted molar refractivity (Wildman–Crippen MR) is 154 cm³/mol. The molecule has 0 heterocycles. The average Bonchev–Trinajstić information content (AvgIpc) is 2.92. The topological polar surface area (TPSA) is 155 Å². The van der Waals surface area contributed by atoms with E-state index in [2.05, 4.69) is 11.8 Å². The quantitative estimate of drug-likeness (QED) is 0.372. The Bertz CT molecular complexity index is 1580. The van der Waals surface area contributed by atoms with E-state index in [4.69, 9.17) is 5.73 Å². The van der Waals surface area contributed by atoms with E-state index in [1.165, 1.54) is 0 Å². The molecule has 3 aliphatic carbocycles. The molecule has 0 spiro atoms. The highest BCUT2D eigenvalue weighted by atomic mass is 16.3. The van der Waals surface area contributed by atoms with Crippen LogP contribution in [0.1, 0.15) is 47.3 Å². The molecule has 4 N–H and O–H groups in total. The number of primary amides is 1. The number of phenols is 1. The maximum atomic E-state index is 14.1. The van der Waals surface area contributed by atoms with Gasteiger partial charge in [-0.05, 0) is 41.9 Å². The summed E-state index contributed by atoms with van der Waals surface area (Å²) in [5, 5.41) is 23.1. The van der Waals surface area contributed by atoms with E-state index in [0.717, 1.165) is 5.56 Å². The molecule has 0 radical (unpaired) electrons. The van der Waals surface area contributed by atoms with Crippen molar-refractivity contribution >= 4 is 34.7 Å². The highest BCUT2D eigenvalue weighted by molar-refractivity contribution is 6.32. The Hall–Kier alpha value is -4.29. The number of benzene rings is 2. The summed E-state index contributed by atoms with van der Waals surface area (Å²) in [6, 6.07) is 11.3. The summed E-state index contributed by atoms with van der Waals surface area (Å²) < 4.78 is 0. The highest BCUT2D eigenvalue weighted by Gasteiger charge is 2.69. The number of nitrogens with zero attached hydrogens (tertiary/aromatic N) is 1. The van der Waals surface area contributed by atoms with Crippen molar-refractivity contribution in [2.24, 2.45) is 41.2 Å². The fourth-order valence-electron chi connectivity index (χ4n) is 7.23. The molecular weight excluding hydrogens is 536 g/mol. The van der Waals surface area contributed by atoms with Gasteiger partial charge in [-0.2, -0.15) is 0 Å². The Kier molecular flexibility index (Phi) is 7.32. The molecule has 6 atom stereocenters. The lowest BCUT2D eigenvalue weighted by atomic mass is 9.49. The summed E-state index contributed by atoms with van der Waals surface area (Å²) in [6.45, 7) is 3.44. The molecule has 2 saturated carbocycles. The van der Waals surface area contributed by atoms with Crippen LogP contribution < -0.4 is 10.6 Å². The number of carbonyl (C=O) groups is 5. The number of hydrogen-bond donors (Lipinski definition) is 3. The molecule has 0 saturated heterocycles. The Morgan fingerprint density at radius 1 is 1.12 bits per heavy atom. The maximum absolute atomic E-state index is 14.1. The monoisotopic (exact) mass is 570 g/mol. The second kappa shape index (κ2) is 10.5. The number of carbonyl (C=O) groups excluding carboxylic acids is 5. The van der Waals surface area contributed by atoms with Gasteiger partial charge in [0.15, 0.2) is 34.7 Å². The normalized spacial score (nSPS) is 28.4. The fourth-order valence-corrected chi connectivity index (χ4v) is 7.23. The molecule has 3 aliphatic rings. The number of anilines is 1. The first kappa shape index (κ1) is 29.2. The molecule has 9 heteroatoms. The summed E-state index contributed by atoms with van der Waals surface area (Å²) in [5.41, 5.74) is 5.01. The van der Waals surface area contributed by atoms with Crippen LogP contribution in [0, 0.1) is 47.3 Å². The van der Waals surface area contributed by atoms with Gasteiger partial charge in [0.2, 0.25) is 5.91 Å². The molecule has 5 rings (SSSR count). The number of ketones is 4. The van der Waals surface area contributed by atoms with Gasteiger partial charge in [-0.3, -0.25) is 24.0 Å². The number of phenolic OH excluding ortho intramolecular Hbond substituents is 1. The van der Waals surface area contributed by atoms with Crippen molar-refractivity contribution < 1.29 is 34.2 Å². The summed E-state index contributed by atoms with van der Waals surface area (Å²) in [7, 11) is 3.60. The van der Waals surface area contributed by atoms with Crippen molar-refractivity contribution in [1.82, 2.24) is 0 Å². The Morgan fingerprint density at radius 3 is 2.38 bits per heavy atom. The summed E-state index contributed by atoms with van der Waals surface area (Å²) in [6.07, 6.45) is 0.657. The molecule has 1 amide bonds. The van der Waals surface area contributed by atoms with Gasteiger partial charge in [-0.25, -0.2) is 0 Å². The number of amides is 1. The van der Waals surface area contributed by atoms with Gasteiger partial charge in [-0.1, -0.05) is 56.0 Å². The van der Waals surface area contributed by atoms with Gasteiger partial charge in [0.25, 0.3) is 0 Å². The lowest BCUT2D eigenvalue weighted by Crippen LogP contribution is -2.71. The SMILES string of the molecule is CC(C)[C@@H]1C(=O)C(C(N)=O)C(=O)[C@@]2(O)C(=O)C3C(=O)c4c(O)c(C#CCc5ccccc5)cc(N(C)C)c4C[C@H]3C[C@@H]12. The van der Waals surface area contributed by atoms with Crippen molar-refractivity contribution in [3.63, 3.8) is 0 Å². The smallest absolute Gasteiger partial charge is 0.235 e. The number of hydrogen-bond acceptors (Lipinski definition) is 8. The first-order valence-corrected chi connectivity index (χ1v) is 14.1. The van der Waals surface area contributed by atoms with Crippen LogP contribution in [0.2, 0.25) is 0 Å². The molecule has 0 aromatic heterocycles. The second-order valence-corrected chi connectivity index (χ2v) is 12.2. The van der Waals surface area contributed by atoms with Crippen molar-refractivity contribution in [3.8, 4) is 17.6 Å². The van der Waals surface area contributed by atoms with Crippen LogP contribution in [-0.4, -0.2) is 58.9 Å². The van der Waals surface area contributed by atoms with Gasteiger partial charge in [-0.15, -0.1) is 0 Å². The van der Waals surface area contributed by atoms with E-state index in [-0.39, 0.29) is 29.7 Å². The number of rotatable bonds is 4. The molecule has 9 nitrogen and oxygen atoms in total. The third-order valence-electron chi connectivity index (χ3n) is 9.13. The van der Waals surface area contributed by atoms with Crippen molar-refractivity contribution in [2.45, 2.75) is 38.7 Å². The lowest BCUT2D eigenvalue weighted by molar-refractivity contribution is -0.182. The standard InChI is InChI=1S/C33H34N2O7/c1-16(2)23-21-14-19-13-20-22(35(3)4)15-18(12-8-11-17-9-6-5-7-10-17)27(36)25(20)29(38)24(19)30(39)33(21,42)31(40)26(28(23)37)32(34)41/h5-7,9-10,15-16,19,21,23-24,26,36,42H,11,13-14H2,1-4H3,(H2,34,41)/t19-,21-,23-,24?,26?,33-/m0/s1. The minimum Gasteiger partial charge on any atom is -0.506 e. The van der Waals surface area contributed by atoms with Crippen LogP contribution in [0.15, 0.2) is 36.4 Å². The van der Waals surface area contributed by atoms with Crippen LogP contribution in [0.3, 0.4) is 0 Å². The lowest BCUT2D eigenvalue weighted by Gasteiger charge is -2.52. The molecule has 0 bridgehead atoms. The second-order valence-electron chi connectivity index (χ2n) is 12.2. The number of Topliss-reactive ketones (excluding diaryl/α,β-unsaturated/α-hetero) is 4.